The number of rotatable bonds is 9. The number of nitrogens with one attached hydrogen (secondary N) is 2. The summed E-state index contributed by atoms with van der Waals surface area (Å²) in [7, 11) is 1.35. The molecule has 3 aromatic heterocycles. The topological polar surface area (TPSA) is 103 Å². The van der Waals surface area contributed by atoms with Gasteiger partial charge in [0, 0.05) is 42.2 Å². The lowest BCUT2D eigenvalue weighted by Crippen LogP contribution is -2.18. The molecule has 0 radical (unpaired) electrons. The fourth-order valence-corrected chi connectivity index (χ4v) is 4.74. The maximum atomic E-state index is 13.0. The Morgan fingerprint density at radius 2 is 1.92 bits per heavy atom. The van der Waals surface area contributed by atoms with Gasteiger partial charge in [0.05, 0.1) is 30.4 Å². The summed E-state index contributed by atoms with van der Waals surface area (Å²) in [5, 5.41) is 11.8. The molecule has 9 heteroatoms. The number of benzene rings is 1. The largest absolute Gasteiger partial charge is 0.464 e. The molecule has 9 nitrogen and oxygen atoms in total. The number of anilines is 2. The summed E-state index contributed by atoms with van der Waals surface area (Å²) in [6.07, 6.45) is 3.47. The van der Waals surface area contributed by atoms with E-state index in [9.17, 15) is 9.59 Å². The molecular formula is C28H32N6O3. The molecule has 0 atom stereocenters. The number of carbonyl (C=O) groups excluding carboxylic acids is 2. The summed E-state index contributed by atoms with van der Waals surface area (Å²) in [5.74, 6) is -0.624. The number of aromatic nitrogens is 4. The lowest BCUT2D eigenvalue weighted by molar-refractivity contribution is -0.117. The first kappa shape index (κ1) is 24.5. The molecule has 1 aromatic carbocycles. The van der Waals surface area contributed by atoms with E-state index < -0.39 is 5.97 Å². The van der Waals surface area contributed by atoms with Crippen molar-refractivity contribution >= 4 is 34.3 Å². The van der Waals surface area contributed by atoms with Crippen LogP contribution in [0.1, 0.15) is 52.8 Å². The van der Waals surface area contributed by atoms with Gasteiger partial charge in [-0.25, -0.2) is 9.78 Å². The SMILES string of the molecule is CCn1nc(C)c(CNc2cnc3c(c2)c(NC(=O)C2CC2)c(C(=O)OC)n3Cc2ccccc2)c1C. The molecule has 0 bridgehead atoms. The molecule has 1 fully saturated rings. The van der Waals surface area contributed by atoms with E-state index in [0.717, 1.165) is 47.6 Å². The van der Waals surface area contributed by atoms with E-state index in [0.29, 0.717) is 29.8 Å². The van der Waals surface area contributed by atoms with Gasteiger partial charge < -0.3 is 19.9 Å². The number of methoxy groups -OCH3 is 1. The molecule has 0 saturated heterocycles. The van der Waals surface area contributed by atoms with Gasteiger partial charge in [0.25, 0.3) is 0 Å². The fourth-order valence-electron chi connectivity index (χ4n) is 4.74. The maximum Gasteiger partial charge on any atom is 0.356 e. The van der Waals surface area contributed by atoms with Crippen molar-refractivity contribution < 1.29 is 14.3 Å². The van der Waals surface area contributed by atoms with Crippen LogP contribution in [-0.4, -0.2) is 38.3 Å². The molecule has 0 aliphatic heterocycles. The molecule has 1 aliphatic carbocycles. The van der Waals surface area contributed by atoms with Gasteiger partial charge in [-0.05, 0) is 45.2 Å². The number of esters is 1. The minimum atomic E-state index is -0.521. The van der Waals surface area contributed by atoms with E-state index in [-0.39, 0.29) is 17.5 Å². The van der Waals surface area contributed by atoms with E-state index in [2.05, 4.69) is 29.6 Å². The lowest BCUT2D eigenvalue weighted by atomic mass is 10.2. The van der Waals surface area contributed by atoms with Crippen molar-refractivity contribution in [3.05, 3.63) is 70.8 Å². The third kappa shape index (κ3) is 4.81. The first-order valence-corrected chi connectivity index (χ1v) is 12.6. The Labute approximate surface area is 215 Å². The molecule has 0 spiro atoms. The highest BCUT2D eigenvalue weighted by molar-refractivity contribution is 6.11. The van der Waals surface area contributed by atoms with E-state index in [1.807, 2.05) is 52.6 Å². The molecule has 1 aliphatic rings. The van der Waals surface area contributed by atoms with Crippen molar-refractivity contribution in [1.29, 1.82) is 0 Å². The van der Waals surface area contributed by atoms with Crippen LogP contribution in [0.3, 0.4) is 0 Å². The molecule has 3 heterocycles. The van der Waals surface area contributed by atoms with Gasteiger partial charge >= 0.3 is 5.97 Å². The van der Waals surface area contributed by atoms with Crippen LogP contribution in [0.15, 0.2) is 42.6 Å². The molecule has 4 aromatic rings. The molecule has 5 rings (SSSR count). The summed E-state index contributed by atoms with van der Waals surface area (Å²) in [6, 6.07) is 11.8. The van der Waals surface area contributed by atoms with Gasteiger partial charge in [-0.2, -0.15) is 5.10 Å². The Morgan fingerprint density at radius 1 is 1.16 bits per heavy atom. The van der Waals surface area contributed by atoms with Gasteiger partial charge in [0.2, 0.25) is 5.91 Å². The number of carbonyl (C=O) groups is 2. The van der Waals surface area contributed by atoms with Crippen LogP contribution >= 0.6 is 0 Å². The van der Waals surface area contributed by atoms with Crippen molar-refractivity contribution in [3.63, 3.8) is 0 Å². The van der Waals surface area contributed by atoms with Crippen LogP contribution in [-0.2, 0) is 29.2 Å². The summed E-state index contributed by atoms with van der Waals surface area (Å²) in [4.78, 5) is 30.6. The van der Waals surface area contributed by atoms with Crippen LogP contribution in [0.25, 0.3) is 11.0 Å². The monoisotopic (exact) mass is 500 g/mol. The van der Waals surface area contributed by atoms with E-state index in [1.165, 1.54) is 7.11 Å². The van der Waals surface area contributed by atoms with Gasteiger partial charge in [-0.3, -0.25) is 9.48 Å². The van der Waals surface area contributed by atoms with Crippen LogP contribution in [0.4, 0.5) is 11.4 Å². The first-order valence-electron chi connectivity index (χ1n) is 12.6. The zero-order valence-corrected chi connectivity index (χ0v) is 21.7. The molecule has 2 N–H and O–H groups in total. The number of aryl methyl sites for hydroxylation is 2. The summed E-state index contributed by atoms with van der Waals surface area (Å²) < 4.78 is 8.97. The predicted octanol–water partition coefficient (Wildman–Crippen LogP) is 4.67. The third-order valence-electron chi connectivity index (χ3n) is 6.96. The van der Waals surface area contributed by atoms with Crippen LogP contribution in [0, 0.1) is 19.8 Å². The summed E-state index contributed by atoms with van der Waals surface area (Å²) >= 11 is 0. The normalized spacial score (nSPS) is 13.1. The smallest absolute Gasteiger partial charge is 0.356 e. The molecule has 1 saturated carbocycles. The van der Waals surface area contributed by atoms with Crippen molar-refractivity contribution in [1.82, 2.24) is 19.3 Å². The second-order valence-electron chi connectivity index (χ2n) is 9.46. The number of hydrogen-bond donors (Lipinski definition) is 2. The van der Waals surface area contributed by atoms with E-state index in [1.54, 1.807) is 6.20 Å². The number of ether oxygens (including phenoxy) is 1. The minimum absolute atomic E-state index is 0.0201. The molecule has 37 heavy (non-hydrogen) atoms. The zero-order valence-electron chi connectivity index (χ0n) is 21.7. The minimum Gasteiger partial charge on any atom is -0.464 e. The van der Waals surface area contributed by atoms with E-state index >= 15 is 0 Å². The van der Waals surface area contributed by atoms with Crippen molar-refractivity contribution in [3.8, 4) is 0 Å². The standard InChI is InChI=1S/C28H32N6O3/c1-5-34-18(3)23(17(2)32-34)15-29-21-13-22-24(31-27(35)20-11-12-20)25(28(36)37-4)33(26(22)30-14-21)16-19-9-7-6-8-10-19/h6-10,13-14,20,29H,5,11-12,15-16H2,1-4H3,(H,31,35). The Morgan fingerprint density at radius 3 is 2.57 bits per heavy atom. The van der Waals surface area contributed by atoms with Gasteiger partial charge in [0.1, 0.15) is 5.65 Å². The summed E-state index contributed by atoms with van der Waals surface area (Å²) in [6.45, 7) is 7.97. The Balaban J connectivity index is 1.57. The number of hydrogen-bond acceptors (Lipinski definition) is 6. The predicted molar refractivity (Wildman–Crippen MR) is 143 cm³/mol. The Bertz CT molecular complexity index is 1470. The van der Waals surface area contributed by atoms with Crippen molar-refractivity contribution in [2.45, 2.75) is 53.2 Å². The van der Waals surface area contributed by atoms with Crippen LogP contribution < -0.4 is 10.6 Å². The van der Waals surface area contributed by atoms with Crippen LogP contribution in [0.5, 0.6) is 0 Å². The number of fused-ring (bicyclic) bond motifs is 1. The highest BCUT2D eigenvalue weighted by atomic mass is 16.5. The number of pyridine rings is 1. The van der Waals surface area contributed by atoms with E-state index in [4.69, 9.17) is 9.72 Å². The number of amides is 1. The Hall–Kier alpha value is -4.14. The maximum absolute atomic E-state index is 13.0. The second-order valence-corrected chi connectivity index (χ2v) is 9.46. The second kappa shape index (κ2) is 10.1. The third-order valence-corrected chi connectivity index (χ3v) is 6.96. The average molecular weight is 501 g/mol. The van der Waals surface area contributed by atoms with Crippen molar-refractivity contribution in [2.75, 3.05) is 17.7 Å². The first-order chi connectivity index (χ1) is 17.9. The van der Waals surface area contributed by atoms with Gasteiger partial charge in [-0.15, -0.1) is 0 Å². The number of nitrogens with zero attached hydrogens (tertiary/aromatic N) is 4. The fraction of sp³-hybridized carbons (Fsp3) is 0.357. The average Bonchev–Trinajstić information content (AvgIpc) is 3.68. The van der Waals surface area contributed by atoms with Crippen LogP contribution in [0.2, 0.25) is 0 Å². The summed E-state index contributed by atoms with van der Waals surface area (Å²) in [5.41, 5.74) is 6.38. The molecule has 192 valence electrons. The van der Waals surface area contributed by atoms with Gasteiger partial charge in [0.15, 0.2) is 5.69 Å². The highest BCUT2D eigenvalue weighted by Gasteiger charge is 2.33. The van der Waals surface area contributed by atoms with Crippen molar-refractivity contribution in [2.24, 2.45) is 5.92 Å². The molecule has 0 unspecified atom stereocenters. The van der Waals surface area contributed by atoms with Gasteiger partial charge in [-0.1, -0.05) is 30.3 Å². The quantitative estimate of drug-likeness (QED) is 0.324. The Kier molecular flexibility index (Phi) is 6.69. The lowest BCUT2D eigenvalue weighted by Gasteiger charge is -2.11. The molecule has 1 amide bonds. The zero-order chi connectivity index (χ0) is 26.1. The molecular weight excluding hydrogens is 468 g/mol. The highest BCUT2D eigenvalue weighted by Crippen LogP contribution is 2.36.